The van der Waals surface area contributed by atoms with E-state index in [0.29, 0.717) is 18.0 Å². The van der Waals surface area contributed by atoms with E-state index in [9.17, 15) is 8.42 Å². The molecule has 1 aliphatic heterocycles. The minimum Gasteiger partial charge on any atom is -0.324 e. The van der Waals surface area contributed by atoms with E-state index in [-0.39, 0.29) is 11.5 Å². The highest BCUT2D eigenvalue weighted by Crippen LogP contribution is 2.32. The number of rotatable bonds is 3. The van der Waals surface area contributed by atoms with Crippen LogP contribution in [0.15, 0.2) is 29.2 Å². The van der Waals surface area contributed by atoms with E-state index in [2.05, 4.69) is 13.8 Å². The summed E-state index contributed by atoms with van der Waals surface area (Å²) in [6.07, 6.45) is 1.81. The number of hydrogen-bond donors (Lipinski definition) is 1. The molecule has 1 aromatic carbocycles. The molecule has 1 fully saturated rings. The molecular formula is C15H24N2O2S. The molecular weight excluding hydrogens is 272 g/mol. The summed E-state index contributed by atoms with van der Waals surface area (Å²) in [7, 11) is -3.36. The number of nitrogens with two attached hydrogens (primary N) is 1. The second-order valence-corrected chi connectivity index (χ2v) is 8.36. The average molecular weight is 296 g/mol. The van der Waals surface area contributed by atoms with Crippen LogP contribution in [0, 0.1) is 5.41 Å². The van der Waals surface area contributed by atoms with Gasteiger partial charge in [-0.2, -0.15) is 4.31 Å². The molecule has 4 nitrogen and oxygen atoms in total. The average Bonchev–Trinajstić information content (AvgIpc) is 2.38. The minimum absolute atomic E-state index is 0.0810. The van der Waals surface area contributed by atoms with Crippen molar-refractivity contribution in [1.82, 2.24) is 4.31 Å². The van der Waals surface area contributed by atoms with Crippen molar-refractivity contribution in [1.29, 1.82) is 0 Å². The molecule has 0 aromatic heterocycles. The molecule has 1 heterocycles. The summed E-state index contributed by atoms with van der Waals surface area (Å²) >= 11 is 0. The molecule has 1 saturated heterocycles. The molecule has 0 radical (unpaired) electrons. The molecule has 1 aromatic rings. The fourth-order valence-corrected chi connectivity index (χ4v) is 3.87. The molecule has 2 N–H and O–H groups in total. The van der Waals surface area contributed by atoms with Crippen LogP contribution in [0.2, 0.25) is 0 Å². The summed E-state index contributed by atoms with van der Waals surface area (Å²) in [6, 6.07) is 6.83. The quantitative estimate of drug-likeness (QED) is 0.932. The molecule has 5 heteroatoms. The smallest absolute Gasteiger partial charge is 0.243 e. The Kier molecular flexibility index (Phi) is 4.23. The first-order chi connectivity index (χ1) is 9.22. The summed E-state index contributed by atoms with van der Waals surface area (Å²) < 4.78 is 26.7. The lowest BCUT2D eigenvalue weighted by molar-refractivity contribution is 0.196. The molecule has 0 spiro atoms. The van der Waals surface area contributed by atoms with Crippen LogP contribution in [0.3, 0.4) is 0 Å². The lowest BCUT2D eigenvalue weighted by Gasteiger charge is -2.36. The van der Waals surface area contributed by atoms with Gasteiger partial charge in [-0.05, 0) is 42.9 Å². The molecule has 1 unspecified atom stereocenters. The van der Waals surface area contributed by atoms with Crippen molar-refractivity contribution in [2.75, 3.05) is 13.1 Å². The van der Waals surface area contributed by atoms with Crippen LogP contribution in [0.1, 0.15) is 45.2 Å². The maximum Gasteiger partial charge on any atom is 0.243 e. The Morgan fingerprint density at radius 2 is 1.65 bits per heavy atom. The Morgan fingerprint density at radius 3 is 2.10 bits per heavy atom. The van der Waals surface area contributed by atoms with Crippen molar-refractivity contribution in [2.45, 2.75) is 44.6 Å². The molecule has 0 amide bonds. The van der Waals surface area contributed by atoms with Crippen LogP contribution in [-0.2, 0) is 10.0 Å². The first-order valence-corrected chi connectivity index (χ1v) is 8.52. The van der Waals surface area contributed by atoms with E-state index < -0.39 is 10.0 Å². The van der Waals surface area contributed by atoms with Crippen molar-refractivity contribution in [3.05, 3.63) is 29.8 Å². The molecule has 0 aliphatic carbocycles. The van der Waals surface area contributed by atoms with Gasteiger partial charge in [0.05, 0.1) is 4.90 Å². The zero-order valence-electron chi connectivity index (χ0n) is 12.5. The molecule has 112 valence electrons. The van der Waals surface area contributed by atoms with E-state index in [1.54, 1.807) is 28.6 Å². The topological polar surface area (TPSA) is 63.4 Å². The van der Waals surface area contributed by atoms with Gasteiger partial charge in [-0.15, -0.1) is 0 Å². The Balaban J connectivity index is 2.18. The van der Waals surface area contributed by atoms with Crippen LogP contribution in [0.25, 0.3) is 0 Å². The van der Waals surface area contributed by atoms with Gasteiger partial charge in [0, 0.05) is 19.1 Å². The highest BCUT2D eigenvalue weighted by atomic mass is 32.2. The Labute approximate surface area is 122 Å². The Hall–Kier alpha value is -0.910. The SMILES string of the molecule is CC(N)c1ccc(S(=O)(=O)N2CCC(C)(C)CC2)cc1. The van der Waals surface area contributed by atoms with E-state index in [1.807, 2.05) is 6.92 Å². The fourth-order valence-electron chi connectivity index (χ4n) is 2.42. The molecule has 0 bridgehead atoms. The van der Waals surface area contributed by atoms with Gasteiger partial charge in [-0.1, -0.05) is 26.0 Å². The third-order valence-corrected chi connectivity index (χ3v) is 6.03. The second-order valence-electron chi connectivity index (χ2n) is 6.43. The van der Waals surface area contributed by atoms with Gasteiger partial charge in [0.15, 0.2) is 0 Å². The maximum absolute atomic E-state index is 12.6. The summed E-state index contributed by atoms with van der Waals surface area (Å²) in [5.41, 5.74) is 6.97. The largest absolute Gasteiger partial charge is 0.324 e. The molecule has 1 atom stereocenters. The van der Waals surface area contributed by atoms with Crippen molar-refractivity contribution in [2.24, 2.45) is 11.1 Å². The first kappa shape index (κ1) is 15.5. The third kappa shape index (κ3) is 3.22. The number of benzene rings is 1. The highest BCUT2D eigenvalue weighted by Gasteiger charge is 2.32. The van der Waals surface area contributed by atoms with Gasteiger partial charge < -0.3 is 5.73 Å². The van der Waals surface area contributed by atoms with Gasteiger partial charge in [0.1, 0.15) is 0 Å². The van der Waals surface area contributed by atoms with Gasteiger partial charge >= 0.3 is 0 Å². The number of piperidine rings is 1. The van der Waals surface area contributed by atoms with Crippen LogP contribution in [0.4, 0.5) is 0 Å². The predicted octanol–water partition coefficient (Wildman–Crippen LogP) is 2.52. The predicted molar refractivity (Wildman–Crippen MR) is 80.8 cm³/mol. The van der Waals surface area contributed by atoms with Gasteiger partial charge in [0.25, 0.3) is 0 Å². The monoisotopic (exact) mass is 296 g/mol. The van der Waals surface area contributed by atoms with Crippen molar-refractivity contribution in [3.63, 3.8) is 0 Å². The van der Waals surface area contributed by atoms with Crippen LogP contribution in [0.5, 0.6) is 0 Å². The molecule has 2 rings (SSSR count). The Bertz CT molecular complexity index is 552. The lowest BCUT2D eigenvalue weighted by atomic mass is 9.83. The van der Waals surface area contributed by atoms with Crippen LogP contribution < -0.4 is 5.73 Å². The minimum atomic E-state index is -3.36. The van der Waals surface area contributed by atoms with Crippen molar-refractivity contribution < 1.29 is 8.42 Å². The normalized spacial score (nSPS) is 21.6. The lowest BCUT2D eigenvalue weighted by Crippen LogP contribution is -2.41. The number of nitrogens with zero attached hydrogens (tertiary/aromatic N) is 1. The fraction of sp³-hybridized carbons (Fsp3) is 0.600. The van der Waals surface area contributed by atoms with E-state index in [0.717, 1.165) is 18.4 Å². The maximum atomic E-state index is 12.6. The zero-order valence-corrected chi connectivity index (χ0v) is 13.3. The number of hydrogen-bond acceptors (Lipinski definition) is 3. The molecule has 1 aliphatic rings. The first-order valence-electron chi connectivity index (χ1n) is 7.08. The summed E-state index contributed by atoms with van der Waals surface area (Å²) in [5.74, 6) is 0. The van der Waals surface area contributed by atoms with E-state index in [1.165, 1.54) is 0 Å². The third-order valence-electron chi connectivity index (χ3n) is 4.12. The van der Waals surface area contributed by atoms with Crippen molar-refractivity contribution in [3.8, 4) is 0 Å². The van der Waals surface area contributed by atoms with E-state index >= 15 is 0 Å². The molecule has 20 heavy (non-hydrogen) atoms. The molecule has 0 saturated carbocycles. The van der Waals surface area contributed by atoms with E-state index in [4.69, 9.17) is 5.73 Å². The van der Waals surface area contributed by atoms with Crippen LogP contribution >= 0.6 is 0 Å². The summed E-state index contributed by atoms with van der Waals surface area (Å²) in [6.45, 7) is 7.47. The van der Waals surface area contributed by atoms with Gasteiger partial charge in [-0.25, -0.2) is 8.42 Å². The standard InChI is InChI=1S/C15H24N2O2S/c1-12(16)13-4-6-14(7-5-13)20(18,19)17-10-8-15(2,3)9-11-17/h4-7,12H,8-11,16H2,1-3H3. The van der Waals surface area contributed by atoms with Gasteiger partial charge in [-0.3, -0.25) is 0 Å². The second kappa shape index (κ2) is 5.47. The van der Waals surface area contributed by atoms with Gasteiger partial charge in [0.2, 0.25) is 10.0 Å². The van der Waals surface area contributed by atoms with Crippen LogP contribution in [-0.4, -0.2) is 25.8 Å². The van der Waals surface area contributed by atoms with Crippen molar-refractivity contribution >= 4 is 10.0 Å². The summed E-state index contributed by atoms with van der Waals surface area (Å²) in [4.78, 5) is 0.363. The zero-order chi connectivity index (χ0) is 15.0. The summed E-state index contributed by atoms with van der Waals surface area (Å²) in [5, 5.41) is 0. The number of sulfonamides is 1. The highest BCUT2D eigenvalue weighted by molar-refractivity contribution is 7.89. The Morgan fingerprint density at radius 1 is 1.15 bits per heavy atom.